The first-order valence-electron chi connectivity index (χ1n) is 11.4. The molecule has 0 unspecified atom stereocenters. The lowest BCUT2D eigenvalue weighted by molar-refractivity contribution is -0.140. The summed E-state index contributed by atoms with van der Waals surface area (Å²) < 4.78 is 0. The second kappa shape index (κ2) is 11.7. The molecule has 0 aliphatic carbocycles. The molecule has 2 rings (SSSR count). The van der Waals surface area contributed by atoms with Crippen molar-refractivity contribution in [3.8, 4) is 0 Å². The number of carbonyl (C=O) groups is 2. The summed E-state index contributed by atoms with van der Waals surface area (Å²) in [5, 5.41) is 2.97. The average Bonchev–Trinajstić information content (AvgIpc) is 2.75. The van der Waals surface area contributed by atoms with Gasteiger partial charge >= 0.3 is 0 Å². The van der Waals surface area contributed by atoms with Crippen molar-refractivity contribution >= 4 is 11.8 Å². The van der Waals surface area contributed by atoms with E-state index in [2.05, 4.69) is 57.3 Å². The first-order chi connectivity index (χ1) is 14.7. The predicted octanol–water partition coefficient (Wildman–Crippen LogP) is 5.24. The number of hydrogen-bond donors (Lipinski definition) is 1. The van der Waals surface area contributed by atoms with E-state index >= 15 is 0 Å². The van der Waals surface area contributed by atoms with Gasteiger partial charge in [-0.1, -0.05) is 81.8 Å². The van der Waals surface area contributed by atoms with Crippen LogP contribution in [0.2, 0.25) is 0 Å². The van der Waals surface area contributed by atoms with E-state index in [0.717, 1.165) is 11.1 Å². The van der Waals surface area contributed by atoms with Crippen LogP contribution in [0.1, 0.15) is 69.2 Å². The van der Waals surface area contributed by atoms with Gasteiger partial charge in [0.25, 0.3) is 0 Å². The van der Waals surface area contributed by atoms with Crippen molar-refractivity contribution in [2.75, 3.05) is 6.54 Å². The molecule has 2 amide bonds. The second-order valence-corrected chi connectivity index (χ2v) is 9.22. The van der Waals surface area contributed by atoms with Gasteiger partial charge < -0.3 is 10.2 Å². The molecule has 0 spiro atoms. The van der Waals surface area contributed by atoms with Gasteiger partial charge in [0.1, 0.15) is 6.04 Å². The van der Waals surface area contributed by atoms with Crippen LogP contribution in [-0.2, 0) is 22.6 Å². The topological polar surface area (TPSA) is 49.4 Å². The minimum absolute atomic E-state index is 0.000656. The molecule has 1 N–H and O–H groups in total. The van der Waals surface area contributed by atoms with Gasteiger partial charge in [-0.25, -0.2) is 0 Å². The van der Waals surface area contributed by atoms with Crippen LogP contribution in [0, 0.1) is 12.8 Å². The van der Waals surface area contributed by atoms with Crippen LogP contribution >= 0.6 is 0 Å². The summed E-state index contributed by atoms with van der Waals surface area (Å²) in [7, 11) is 0. The fourth-order valence-electron chi connectivity index (χ4n) is 3.39. The molecular weight excluding hydrogens is 384 g/mol. The maximum atomic E-state index is 13.2. The van der Waals surface area contributed by atoms with Gasteiger partial charge in [-0.15, -0.1) is 0 Å². The zero-order valence-corrected chi connectivity index (χ0v) is 19.9. The van der Waals surface area contributed by atoms with Gasteiger partial charge in [-0.2, -0.15) is 0 Å². The Hall–Kier alpha value is -2.62. The Bertz CT molecular complexity index is 839. The van der Waals surface area contributed by atoms with Crippen LogP contribution in [0.15, 0.2) is 48.5 Å². The smallest absolute Gasteiger partial charge is 0.242 e. The Kier molecular flexibility index (Phi) is 9.29. The predicted molar refractivity (Wildman–Crippen MR) is 128 cm³/mol. The number of nitrogens with one attached hydrogen (secondary N) is 1. The van der Waals surface area contributed by atoms with Gasteiger partial charge in [0.2, 0.25) is 11.8 Å². The van der Waals surface area contributed by atoms with Crippen molar-refractivity contribution in [3.05, 3.63) is 70.8 Å². The monoisotopic (exact) mass is 422 g/mol. The maximum absolute atomic E-state index is 13.2. The Labute approximate surface area is 188 Å². The van der Waals surface area contributed by atoms with E-state index in [1.165, 1.54) is 11.1 Å². The molecule has 0 radical (unpaired) electrons. The van der Waals surface area contributed by atoms with E-state index in [9.17, 15) is 9.59 Å². The normalized spacial score (nSPS) is 12.1. The van der Waals surface area contributed by atoms with Crippen molar-refractivity contribution < 1.29 is 9.59 Å². The molecule has 0 heterocycles. The van der Waals surface area contributed by atoms with Crippen molar-refractivity contribution in [2.45, 2.75) is 72.9 Å². The molecule has 0 bridgehead atoms. The molecule has 0 aliphatic rings. The van der Waals surface area contributed by atoms with Crippen LogP contribution in [0.25, 0.3) is 0 Å². The average molecular weight is 423 g/mol. The molecule has 1 atom stereocenters. The number of nitrogens with zero attached hydrogens (tertiary/aromatic N) is 1. The van der Waals surface area contributed by atoms with Crippen LogP contribution in [-0.4, -0.2) is 29.3 Å². The molecule has 4 nitrogen and oxygen atoms in total. The lowest BCUT2D eigenvalue weighted by atomic mass is 10.00. The molecule has 2 aromatic rings. The lowest BCUT2D eigenvalue weighted by Crippen LogP contribution is -2.48. The third kappa shape index (κ3) is 7.86. The first kappa shape index (κ1) is 24.6. The molecular formula is C27H38N2O2. The van der Waals surface area contributed by atoms with E-state index < -0.39 is 6.04 Å². The Morgan fingerprint density at radius 1 is 0.871 bits per heavy atom. The van der Waals surface area contributed by atoms with E-state index in [0.29, 0.717) is 37.8 Å². The summed E-state index contributed by atoms with van der Waals surface area (Å²) >= 11 is 0. The number of aryl methyl sites for hydroxylation is 2. The molecule has 0 saturated carbocycles. The number of hydrogen-bond acceptors (Lipinski definition) is 2. The highest BCUT2D eigenvalue weighted by Crippen LogP contribution is 2.17. The third-order valence-electron chi connectivity index (χ3n) is 5.60. The fraction of sp³-hybridized carbons (Fsp3) is 0.481. The SMILES string of the molecule is Cc1ccc(CN(C(=O)CCc2ccc(C(C)C)cc2)[C@@H](C)C(=O)NCC(C)C)cc1. The van der Waals surface area contributed by atoms with E-state index in [1.54, 1.807) is 4.90 Å². The molecule has 0 aromatic heterocycles. The van der Waals surface area contributed by atoms with Gasteiger partial charge in [-0.05, 0) is 48.8 Å². The fourth-order valence-corrected chi connectivity index (χ4v) is 3.39. The molecule has 2 aromatic carbocycles. The molecule has 0 fully saturated rings. The molecule has 0 aliphatic heterocycles. The molecule has 4 heteroatoms. The summed E-state index contributed by atoms with van der Waals surface area (Å²) in [6, 6.07) is 16.1. The lowest BCUT2D eigenvalue weighted by Gasteiger charge is -2.29. The quantitative estimate of drug-likeness (QED) is 0.569. The Morgan fingerprint density at radius 3 is 2.00 bits per heavy atom. The molecule has 168 valence electrons. The third-order valence-corrected chi connectivity index (χ3v) is 5.60. The number of carbonyl (C=O) groups excluding carboxylic acids is 2. The zero-order valence-electron chi connectivity index (χ0n) is 19.9. The molecule has 31 heavy (non-hydrogen) atoms. The Balaban J connectivity index is 2.10. The van der Waals surface area contributed by atoms with Gasteiger partial charge in [0.05, 0.1) is 0 Å². The highest BCUT2D eigenvalue weighted by atomic mass is 16.2. The van der Waals surface area contributed by atoms with Gasteiger partial charge in [-0.3, -0.25) is 9.59 Å². The van der Waals surface area contributed by atoms with Crippen molar-refractivity contribution in [3.63, 3.8) is 0 Å². The summed E-state index contributed by atoms with van der Waals surface area (Å²) in [6.45, 7) is 13.4. The minimum atomic E-state index is -0.518. The largest absolute Gasteiger partial charge is 0.354 e. The van der Waals surface area contributed by atoms with Crippen molar-refractivity contribution in [1.29, 1.82) is 0 Å². The minimum Gasteiger partial charge on any atom is -0.354 e. The highest BCUT2D eigenvalue weighted by molar-refractivity contribution is 5.87. The maximum Gasteiger partial charge on any atom is 0.242 e. The van der Waals surface area contributed by atoms with Crippen molar-refractivity contribution in [2.24, 2.45) is 5.92 Å². The van der Waals surface area contributed by atoms with E-state index in [4.69, 9.17) is 0 Å². The number of amides is 2. The summed E-state index contributed by atoms with van der Waals surface area (Å²) in [5.41, 5.74) is 4.65. The van der Waals surface area contributed by atoms with Crippen LogP contribution in [0.4, 0.5) is 0 Å². The van der Waals surface area contributed by atoms with E-state index in [1.807, 2.05) is 38.1 Å². The van der Waals surface area contributed by atoms with E-state index in [-0.39, 0.29) is 11.8 Å². The Morgan fingerprint density at radius 2 is 1.45 bits per heavy atom. The van der Waals surface area contributed by atoms with Crippen LogP contribution in [0.3, 0.4) is 0 Å². The number of benzene rings is 2. The zero-order chi connectivity index (χ0) is 23.0. The highest BCUT2D eigenvalue weighted by Gasteiger charge is 2.26. The summed E-state index contributed by atoms with van der Waals surface area (Å²) in [5.74, 6) is 0.758. The standard InChI is InChI=1S/C27H38N2O2/c1-19(2)17-28-27(31)22(6)29(18-24-9-7-21(5)8-10-24)26(30)16-13-23-11-14-25(15-12-23)20(3)4/h7-12,14-15,19-20,22H,13,16-18H2,1-6H3,(H,28,31)/t22-/m0/s1. The molecule has 0 saturated heterocycles. The second-order valence-electron chi connectivity index (χ2n) is 9.22. The van der Waals surface area contributed by atoms with Crippen molar-refractivity contribution in [1.82, 2.24) is 10.2 Å². The van der Waals surface area contributed by atoms with Crippen LogP contribution in [0.5, 0.6) is 0 Å². The van der Waals surface area contributed by atoms with Gasteiger partial charge in [0.15, 0.2) is 0 Å². The van der Waals surface area contributed by atoms with Crippen LogP contribution < -0.4 is 5.32 Å². The summed E-state index contributed by atoms with van der Waals surface area (Å²) in [6.07, 6.45) is 1.05. The first-order valence-corrected chi connectivity index (χ1v) is 11.4. The summed E-state index contributed by atoms with van der Waals surface area (Å²) in [4.78, 5) is 27.6. The van der Waals surface area contributed by atoms with Gasteiger partial charge in [0, 0.05) is 19.5 Å². The number of rotatable bonds is 10.